The number of piperidine rings is 1. The van der Waals surface area contributed by atoms with E-state index in [1.54, 1.807) is 36.2 Å². The Balaban J connectivity index is 1.78. The van der Waals surface area contributed by atoms with Crippen LogP contribution in [0, 0.1) is 0 Å². The fourth-order valence-corrected chi connectivity index (χ4v) is 3.80. The van der Waals surface area contributed by atoms with Crippen LogP contribution in [0.2, 0.25) is 0 Å². The van der Waals surface area contributed by atoms with E-state index in [4.69, 9.17) is 0 Å². The monoisotopic (exact) mass is 344 g/mol. The number of nitrogens with zero attached hydrogens (tertiary/aromatic N) is 3. The molecule has 134 valence electrons. The van der Waals surface area contributed by atoms with Gasteiger partial charge in [0.05, 0.1) is 5.69 Å². The molecular formula is C18H24N4O3. The maximum absolute atomic E-state index is 12.9. The van der Waals surface area contributed by atoms with Gasteiger partial charge >= 0.3 is 6.03 Å². The number of hydrogen-bond donors (Lipinski definition) is 1. The fourth-order valence-electron chi connectivity index (χ4n) is 3.80. The molecule has 0 spiro atoms. The van der Waals surface area contributed by atoms with Crippen molar-refractivity contribution in [3.63, 3.8) is 0 Å². The van der Waals surface area contributed by atoms with E-state index in [-0.39, 0.29) is 24.5 Å². The van der Waals surface area contributed by atoms with Gasteiger partial charge in [0, 0.05) is 18.3 Å². The summed E-state index contributed by atoms with van der Waals surface area (Å²) < 4.78 is 0. The first-order valence-corrected chi connectivity index (χ1v) is 8.71. The molecule has 7 nitrogen and oxygen atoms in total. The predicted octanol–water partition coefficient (Wildman–Crippen LogP) is 1.64. The summed E-state index contributed by atoms with van der Waals surface area (Å²) in [4.78, 5) is 45.0. The molecule has 2 aliphatic rings. The lowest BCUT2D eigenvalue weighted by Gasteiger charge is -2.39. The van der Waals surface area contributed by atoms with E-state index in [2.05, 4.69) is 10.3 Å². The zero-order valence-electron chi connectivity index (χ0n) is 14.9. The molecule has 0 aromatic carbocycles. The summed E-state index contributed by atoms with van der Waals surface area (Å²) in [6, 6.07) is 4.90. The molecule has 1 aromatic heterocycles. The Morgan fingerprint density at radius 3 is 2.56 bits per heavy atom. The molecule has 1 aromatic rings. The third-order valence-electron chi connectivity index (χ3n) is 5.23. The van der Waals surface area contributed by atoms with Crippen molar-refractivity contribution >= 4 is 17.8 Å². The van der Waals surface area contributed by atoms with Crippen molar-refractivity contribution in [3.8, 4) is 0 Å². The van der Waals surface area contributed by atoms with Crippen molar-refractivity contribution in [2.45, 2.75) is 57.7 Å². The lowest BCUT2D eigenvalue weighted by Crippen LogP contribution is -2.52. The third kappa shape index (κ3) is 2.99. The summed E-state index contributed by atoms with van der Waals surface area (Å²) in [6.07, 6.45) is 4.56. The van der Waals surface area contributed by atoms with Crippen LogP contribution in [0.25, 0.3) is 0 Å². The molecule has 4 amide bonds. The van der Waals surface area contributed by atoms with Crippen LogP contribution in [0.15, 0.2) is 24.4 Å². The number of hydrogen-bond acceptors (Lipinski definition) is 4. The molecule has 2 aliphatic heterocycles. The van der Waals surface area contributed by atoms with Crippen molar-refractivity contribution in [2.24, 2.45) is 0 Å². The molecule has 0 unspecified atom stereocenters. The van der Waals surface area contributed by atoms with Gasteiger partial charge in [-0.25, -0.2) is 4.79 Å². The van der Waals surface area contributed by atoms with Gasteiger partial charge in [-0.1, -0.05) is 6.07 Å². The Labute approximate surface area is 147 Å². The number of imide groups is 1. The van der Waals surface area contributed by atoms with Crippen molar-refractivity contribution in [3.05, 3.63) is 30.1 Å². The fraction of sp³-hybridized carbons (Fsp3) is 0.556. The van der Waals surface area contributed by atoms with Gasteiger partial charge in [0.1, 0.15) is 6.54 Å². The zero-order chi connectivity index (χ0) is 18.2. The third-order valence-corrected chi connectivity index (χ3v) is 5.23. The maximum Gasteiger partial charge on any atom is 0.325 e. The average molecular weight is 344 g/mol. The number of carbonyl (C=O) groups excluding carboxylic acids is 3. The number of nitrogens with one attached hydrogen (secondary N) is 1. The number of carbonyl (C=O) groups is 3. The van der Waals surface area contributed by atoms with Crippen LogP contribution < -0.4 is 5.32 Å². The highest BCUT2D eigenvalue weighted by Gasteiger charge is 2.51. The Bertz CT molecular complexity index is 683. The second-order valence-electron chi connectivity index (χ2n) is 7.09. The molecule has 7 heteroatoms. The van der Waals surface area contributed by atoms with Gasteiger partial charge in [-0.3, -0.25) is 19.5 Å². The molecule has 3 rings (SSSR count). The highest BCUT2D eigenvalue weighted by atomic mass is 16.2. The molecular weight excluding hydrogens is 320 g/mol. The predicted molar refractivity (Wildman–Crippen MR) is 91.5 cm³/mol. The molecule has 25 heavy (non-hydrogen) atoms. The molecule has 3 atom stereocenters. The van der Waals surface area contributed by atoms with E-state index in [1.165, 1.54) is 0 Å². The van der Waals surface area contributed by atoms with E-state index in [9.17, 15) is 14.4 Å². The Morgan fingerprint density at radius 1 is 1.28 bits per heavy atom. The van der Waals surface area contributed by atoms with E-state index < -0.39 is 17.5 Å². The molecule has 2 fully saturated rings. The smallest absolute Gasteiger partial charge is 0.325 e. The van der Waals surface area contributed by atoms with Crippen molar-refractivity contribution in [1.82, 2.24) is 20.1 Å². The number of pyridine rings is 1. The summed E-state index contributed by atoms with van der Waals surface area (Å²) in [6.45, 7) is 5.41. The summed E-state index contributed by atoms with van der Waals surface area (Å²) in [5.41, 5.74) is -0.777. The van der Waals surface area contributed by atoms with Crippen molar-refractivity contribution in [2.75, 3.05) is 6.54 Å². The van der Waals surface area contributed by atoms with Gasteiger partial charge in [-0.05, 0) is 52.2 Å². The zero-order valence-corrected chi connectivity index (χ0v) is 14.9. The maximum atomic E-state index is 12.9. The van der Waals surface area contributed by atoms with Gasteiger partial charge in [0.15, 0.2) is 5.54 Å². The SMILES string of the molecule is C[C@@H]1CCC[C@H](C)N1C(=O)CN1C(=O)N[C@@](C)(c2ccccn2)C1=O. The first-order chi connectivity index (χ1) is 11.8. The average Bonchev–Trinajstić information content (AvgIpc) is 2.80. The van der Waals surface area contributed by atoms with E-state index in [1.807, 2.05) is 13.8 Å². The van der Waals surface area contributed by atoms with E-state index >= 15 is 0 Å². The van der Waals surface area contributed by atoms with Crippen LogP contribution in [-0.2, 0) is 15.1 Å². The van der Waals surface area contributed by atoms with Crippen molar-refractivity contribution < 1.29 is 14.4 Å². The number of likely N-dealkylation sites (tertiary alicyclic amines) is 1. The summed E-state index contributed by atoms with van der Waals surface area (Å²) in [5, 5.41) is 2.68. The highest BCUT2D eigenvalue weighted by molar-refractivity contribution is 6.09. The van der Waals surface area contributed by atoms with Crippen LogP contribution in [0.1, 0.15) is 45.7 Å². The van der Waals surface area contributed by atoms with E-state index in [0.717, 1.165) is 24.2 Å². The first kappa shape index (κ1) is 17.4. The minimum Gasteiger partial charge on any atom is -0.336 e. The molecule has 2 saturated heterocycles. The van der Waals surface area contributed by atoms with Gasteiger partial charge in [0.2, 0.25) is 5.91 Å². The summed E-state index contributed by atoms with van der Waals surface area (Å²) in [5.74, 6) is -0.629. The normalized spacial score (nSPS) is 29.7. The van der Waals surface area contributed by atoms with E-state index in [0.29, 0.717) is 5.69 Å². The number of rotatable bonds is 3. The van der Waals surface area contributed by atoms with Crippen molar-refractivity contribution in [1.29, 1.82) is 0 Å². The summed E-state index contributed by atoms with van der Waals surface area (Å²) >= 11 is 0. The topological polar surface area (TPSA) is 82.6 Å². The second kappa shape index (κ2) is 6.46. The van der Waals surface area contributed by atoms with Crippen LogP contribution in [-0.4, -0.2) is 51.3 Å². The van der Waals surface area contributed by atoms with Crippen LogP contribution in [0.5, 0.6) is 0 Å². The molecule has 1 N–H and O–H groups in total. The molecule has 3 heterocycles. The van der Waals surface area contributed by atoms with Crippen LogP contribution >= 0.6 is 0 Å². The summed E-state index contributed by atoms with van der Waals surface area (Å²) in [7, 11) is 0. The Hall–Kier alpha value is -2.44. The lowest BCUT2D eigenvalue weighted by atomic mass is 9.96. The number of aromatic nitrogens is 1. The largest absolute Gasteiger partial charge is 0.336 e. The van der Waals surface area contributed by atoms with Crippen LogP contribution in [0.3, 0.4) is 0 Å². The first-order valence-electron chi connectivity index (χ1n) is 8.71. The molecule has 0 radical (unpaired) electrons. The van der Waals surface area contributed by atoms with Gasteiger partial charge in [0.25, 0.3) is 5.91 Å². The van der Waals surface area contributed by atoms with Gasteiger partial charge in [-0.2, -0.15) is 0 Å². The van der Waals surface area contributed by atoms with Gasteiger partial charge in [-0.15, -0.1) is 0 Å². The molecule has 0 saturated carbocycles. The second-order valence-corrected chi connectivity index (χ2v) is 7.09. The molecule has 0 aliphatic carbocycles. The minimum atomic E-state index is -1.24. The standard InChI is InChI=1S/C18H24N4O3/c1-12-7-6-8-13(2)22(12)15(23)11-21-16(24)18(3,20-17(21)25)14-9-4-5-10-19-14/h4-5,9-10,12-13H,6-8,11H2,1-3H3,(H,20,25)/t12-,13+,18-/m0/s1. The molecule has 0 bridgehead atoms. The minimum absolute atomic E-state index is 0.124. The Kier molecular flexibility index (Phi) is 4.49. The van der Waals surface area contributed by atoms with Gasteiger partial charge < -0.3 is 10.2 Å². The highest BCUT2D eigenvalue weighted by Crippen LogP contribution is 2.28. The Morgan fingerprint density at radius 2 is 1.96 bits per heavy atom. The number of amides is 4. The lowest BCUT2D eigenvalue weighted by molar-refractivity contribution is -0.142. The van der Waals surface area contributed by atoms with Crippen LogP contribution in [0.4, 0.5) is 4.79 Å². The quantitative estimate of drug-likeness (QED) is 0.845. The number of urea groups is 1.